The summed E-state index contributed by atoms with van der Waals surface area (Å²) in [5, 5.41) is 3.62. The van der Waals surface area contributed by atoms with E-state index < -0.39 is 11.5 Å². The summed E-state index contributed by atoms with van der Waals surface area (Å²) in [6.07, 6.45) is 0.691. The van der Waals surface area contributed by atoms with Gasteiger partial charge in [-0.2, -0.15) is 0 Å². The van der Waals surface area contributed by atoms with Gasteiger partial charge in [-0.1, -0.05) is 37.3 Å². The van der Waals surface area contributed by atoms with Gasteiger partial charge in [0, 0.05) is 5.39 Å². The van der Waals surface area contributed by atoms with Gasteiger partial charge in [0.1, 0.15) is 16.9 Å². The number of carbonyl (C=O) groups is 1. The summed E-state index contributed by atoms with van der Waals surface area (Å²) in [7, 11) is 1.60. The maximum absolute atomic E-state index is 12.6. The van der Waals surface area contributed by atoms with E-state index in [-0.39, 0.29) is 11.6 Å². The number of benzene rings is 2. The lowest BCUT2D eigenvalue weighted by atomic mass is 10.0. The first-order valence-corrected chi connectivity index (χ1v) is 8.10. The number of fused-ring (bicyclic) bond motifs is 1. The Hall–Kier alpha value is -3.08. The first-order chi connectivity index (χ1) is 12.1. The number of para-hydroxylation sites is 1. The van der Waals surface area contributed by atoms with Crippen LogP contribution in [0.1, 0.15) is 35.3 Å². The van der Waals surface area contributed by atoms with Gasteiger partial charge in [0.15, 0.2) is 0 Å². The van der Waals surface area contributed by atoms with Crippen LogP contribution in [0.2, 0.25) is 0 Å². The van der Waals surface area contributed by atoms with E-state index in [0.717, 1.165) is 11.3 Å². The molecule has 0 aliphatic rings. The number of hydrogen-bond acceptors (Lipinski definition) is 4. The molecule has 5 heteroatoms. The Kier molecular flexibility index (Phi) is 4.84. The van der Waals surface area contributed by atoms with Gasteiger partial charge in [0.25, 0.3) is 5.91 Å². The van der Waals surface area contributed by atoms with Crippen molar-refractivity contribution >= 4 is 16.9 Å². The zero-order valence-electron chi connectivity index (χ0n) is 14.1. The first kappa shape index (κ1) is 16.8. The second-order valence-corrected chi connectivity index (χ2v) is 5.69. The lowest BCUT2D eigenvalue weighted by Gasteiger charge is -2.17. The van der Waals surface area contributed by atoms with E-state index in [1.807, 2.05) is 37.3 Å². The minimum atomic E-state index is -0.638. The molecule has 1 N–H and O–H groups in total. The molecule has 0 aliphatic heterocycles. The number of amides is 1. The van der Waals surface area contributed by atoms with Crippen molar-refractivity contribution < 1.29 is 13.9 Å². The maximum atomic E-state index is 12.6. The number of hydrogen-bond donors (Lipinski definition) is 1. The molecule has 1 unspecified atom stereocenters. The van der Waals surface area contributed by atoms with Crippen LogP contribution in [-0.2, 0) is 0 Å². The average molecular weight is 337 g/mol. The van der Waals surface area contributed by atoms with Crippen LogP contribution in [0, 0.1) is 0 Å². The smallest absolute Gasteiger partial charge is 0.349 e. The van der Waals surface area contributed by atoms with E-state index in [1.54, 1.807) is 31.4 Å². The zero-order chi connectivity index (χ0) is 17.8. The lowest BCUT2D eigenvalue weighted by Crippen LogP contribution is -2.31. The topological polar surface area (TPSA) is 68.5 Å². The SMILES string of the molecule is CCC(NC(=O)c1cc2ccccc2oc1=O)c1ccc(OC)cc1. The number of methoxy groups -OCH3 is 1. The van der Waals surface area contributed by atoms with Crippen LogP contribution in [0.25, 0.3) is 11.0 Å². The molecular formula is C20H19NO4. The molecule has 25 heavy (non-hydrogen) atoms. The van der Waals surface area contributed by atoms with Crippen LogP contribution in [0.5, 0.6) is 5.75 Å². The highest BCUT2D eigenvalue weighted by atomic mass is 16.5. The molecule has 5 nitrogen and oxygen atoms in total. The zero-order valence-corrected chi connectivity index (χ0v) is 14.1. The van der Waals surface area contributed by atoms with Gasteiger partial charge in [0.05, 0.1) is 13.2 Å². The van der Waals surface area contributed by atoms with Crippen molar-refractivity contribution in [3.63, 3.8) is 0 Å². The molecular weight excluding hydrogens is 318 g/mol. The maximum Gasteiger partial charge on any atom is 0.349 e. The van der Waals surface area contributed by atoms with Crippen molar-refractivity contribution in [2.75, 3.05) is 7.11 Å². The third-order valence-corrected chi connectivity index (χ3v) is 4.12. The molecule has 3 aromatic rings. The van der Waals surface area contributed by atoms with Crippen molar-refractivity contribution in [1.29, 1.82) is 0 Å². The Balaban J connectivity index is 1.86. The Morgan fingerprint density at radius 2 is 1.88 bits per heavy atom. The lowest BCUT2D eigenvalue weighted by molar-refractivity contribution is 0.0932. The molecule has 1 atom stereocenters. The molecule has 1 aromatic heterocycles. The molecule has 0 aliphatic carbocycles. The van der Waals surface area contributed by atoms with Crippen molar-refractivity contribution in [3.05, 3.63) is 76.1 Å². The summed E-state index contributed by atoms with van der Waals surface area (Å²) in [4.78, 5) is 24.7. The minimum absolute atomic E-state index is 0.00524. The molecule has 0 radical (unpaired) electrons. The number of carbonyl (C=O) groups excluding carboxylic acids is 1. The monoisotopic (exact) mass is 337 g/mol. The fourth-order valence-corrected chi connectivity index (χ4v) is 2.71. The standard InChI is InChI=1S/C20H19NO4/c1-3-17(13-8-10-15(24-2)11-9-13)21-19(22)16-12-14-6-4-5-7-18(14)25-20(16)23/h4-12,17H,3H2,1-2H3,(H,21,22). The normalized spacial score (nSPS) is 11.9. The van der Waals surface area contributed by atoms with Gasteiger partial charge in [-0.15, -0.1) is 0 Å². The number of ether oxygens (including phenoxy) is 1. The van der Waals surface area contributed by atoms with Crippen LogP contribution >= 0.6 is 0 Å². The Morgan fingerprint density at radius 3 is 2.56 bits per heavy atom. The summed E-state index contributed by atoms with van der Waals surface area (Å²) in [5.41, 5.74) is 0.777. The third-order valence-electron chi connectivity index (χ3n) is 4.12. The molecule has 0 spiro atoms. The Morgan fingerprint density at radius 1 is 1.16 bits per heavy atom. The van der Waals surface area contributed by atoms with Gasteiger partial charge >= 0.3 is 5.63 Å². The summed E-state index contributed by atoms with van der Waals surface area (Å²) in [6.45, 7) is 1.97. The highest BCUT2D eigenvalue weighted by Crippen LogP contribution is 2.21. The molecule has 128 valence electrons. The van der Waals surface area contributed by atoms with E-state index in [1.165, 1.54) is 0 Å². The van der Waals surface area contributed by atoms with E-state index in [0.29, 0.717) is 17.4 Å². The van der Waals surface area contributed by atoms with E-state index in [4.69, 9.17) is 9.15 Å². The van der Waals surface area contributed by atoms with Crippen molar-refractivity contribution in [2.45, 2.75) is 19.4 Å². The van der Waals surface area contributed by atoms with Crippen LogP contribution in [-0.4, -0.2) is 13.0 Å². The molecule has 3 rings (SSSR count). The highest BCUT2D eigenvalue weighted by Gasteiger charge is 2.18. The van der Waals surface area contributed by atoms with Crippen LogP contribution in [0.3, 0.4) is 0 Å². The Bertz CT molecular complexity index is 944. The molecule has 2 aromatic carbocycles. The predicted molar refractivity (Wildman–Crippen MR) is 96.0 cm³/mol. The fourth-order valence-electron chi connectivity index (χ4n) is 2.71. The van der Waals surface area contributed by atoms with Crippen molar-refractivity contribution in [1.82, 2.24) is 5.32 Å². The van der Waals surface area contributed by atoms with Crippen LogP contribution in [0.15, 0.2) is 63.8 Å². The van der Waals surface area contributed by atoms with E-state index in [9.17, 15) is 9.59 Å². The first-order valence-electron chi connectivity index (χ1n) is 8.10. The highest BCUT2D eigenvalue weighted by molar-refractivity contribution is 5.96. The van der Waals surface area contributed by atoms with Gasteiger partial charge < -0.3 is 14.5 Å². The average Bonchev–Trinajstić information content (AvgIpc) is 2.65. The quantitative estimate of drug-likeness (QED) is 0.721. The second-order valence-electron chi connectivity index (χ2n) is 5.69. The van der Waals surface area contributed by atoms with Gasteiger partial charge in [-0.3, -0.25) is 4.79 Å². The molecule has 0 saturated carbocycles. The van der Waals surface area contributed by atoms with Crippen molar-refractivity contribution in [3.8, 4) is 5.75 Å². The van der Waals surface area contributed by atoms with E-state index in [2.05, 4.69) is 5.32 Å². The summed E-state index contributed by atoms with van der Waals surface area (Å²) in [6, 6.07) is 16.0. The predicted octanol–water partition coefficient (Wildman–Crippen LogP) is 3.68. The molecule has 1 heterocycles. The van der Waals surface area contributed by atoms with Crippen LogP contribution < -0.4 is 15.7 Å². The largest absolute Gasteiger partial charge is 0.497 e. The summed E-state index contributed by atoms with van der Waals surface area (Å²) < 4.78 is 10.4. The fraction of sp³-hybridized carbons (Fsp3) is 0.200. The molecule has 1 amide bonds. The van der Waals surface area contributed by atoms with Crippen LogP contribution in [0.4, 0.5) is 0 Å². The Labute approximate surface area is 145 Å². The number of nitrogens with one attached hydrogen (secondary N) is 1. The summed E-state index contributed by atoms with van der Waals surface area (Å²) in [5.74, 6) is 0.308. The number of rotatable bonds is 5. The van der Waals surface area contributed by atoms with E-state index >= 15 is 0 Å². The minimum Gasteiger partial charge on any atom is -0.497 e. The van der Waals surface area contributed by atoms with Gasteiger partial charge in [0.2, 0.25) is 0 Å². The van der Waals surface area contributed by atoms with Crippen molar-refractivity contribution in [2.24, 2.45) is 0 Å². The summed E-state index contributed by atoms with van der Waals surface area (Å²) >= 11 is 0. The second kappa shape index (κ2) is 7.21. The van der Waals surface area contributed by atoms with Gasteiger partial charge in [-0.25, -0.2) is 4.79 Å². The molecule has 0 bridgehead atoms. The molecule has 0 fully saturated rings. The molecule has 0 saturated heterocycles. The van der Waals surface area contributed by atoms with Gasteiger partial charge in [-0.05, 0) is 36.2 Å². The third kappa shape index (κ3) is 3.55.